The van der Waals surface area contributed by atoms with E-state index < -0.39 is 0 Å². The first-order valence-corrected chi connectivity index (χ1v) is 8.46. The first-order valence-electron chi connectivity index (χ1n) is 8.46. The van der Waals surface area contributed by atoms with Gasteiger partial charge in [-0.1, -0.05) is 42.5 Å². The first-order chi connectivity index (χ1) is 11.4. The Morgan fingerprint density at radius 3 is 2.42 bits per heavy atom. The molecule has 0 unspecified atom stereocenters. The zero-order chi connectivity index (χ0) is 17.7. The van der Waals surface area contributed by atoms with Crippen LogP contribution in [0.4, 0.5) is 0 Å². The molecular formula is C21H28N2O. The van der Waals surface area contributed by atoms with Crippen molar-refractivity contribution in [2.75, 3.05) is 13.6 Å². The number of hydrogen-bond acceptors (Lipinski definition) is 2. The lowest BCUT2D eigenvalue weighted by atomic mass is 10.0. The number of aryl methyl sites for hydroxylation is 3. The van der Waals surface area contributed by atoms with E-state index in [0.717, 1.165) is 12.1 Å². The van der Waals surface area contributed by atoms with Gasteiger partial charge in [-0.3, -0.25) is 9.69 Å². The van der Waals surface area contributed by atoms with Crippen LogP contribution in [0.2, 0.25) is 0 Å². The van der Waals surface area contributed by atoms with Crippen LogP contribution in [0, 0.1) is 20.8 Å². The zero-order valence-electron chi connectivity index (χ0n) is 15.4. The number of benzene rings is 2. The fourth-order valence-electron chi connectivity index (χ4n) is 2.78. The highest BCUT2D eigenvalue weighted by Crippen LogP contribution is 2.16. The summed E-state index contributed by atoms with van der Waals surface area (Å²) in [5.74, 6) is 0.0526. The Balaban J connectivity index is 1.90. The summed E-state index contributed by atoms with van der Waals surface area (Å²) < 4.78 is 0. The number of nitrogens with one attached hydrogen (secondary N) is 1. The number of hydrogen-bond donors (Lipinski definition) is 1. The molecule has 0 spiro atoms. The third-order valence-electron chi connectivity index (χ3n) is 4.52. The molecule has 0 aliphatic heterocycles. The number of rotatable bonds is 6. The molecule has 0 saturated carbocycles. The summed E-state index contributed by atoms with van der Waals surface area (Å²) in [5, 5.41) is 3.09. The molecule has 2 aromatic rings. The van der Waals surface area contributed by atoms with Crippen LogP contribution in [0.15, 0.2) is 42.5 Å². The van der Waals surface area contributed by atoms with E-state index in [-0.39, 0.29) is 11.9 Å². The molecule has 0 heterocycles. The number of carbonyl (C=O) groups excluding carboxylic acids is 1. The highest BCUT2D eigenvalue weighted by molar-refractivity contribution is 5.78. The Morgan fingerprint density at radius 2 is 1.75 bits per heavy atom. The summed E-state index contributed by atoms with van der Waals surface area (Å²) >= 11 is 0. The van der Waals surface area contributed by atoms with Crippen molar-refractivity contribution in [1.82, 2.24) is 10.2 Å². The second-order valence-electron chi connectivity index (χ2n) is 6.73. The molecule has 0 radical (unpaired) electrons. The van der Waals surface area contributed by atoms with E-state index in [4.69, 9.17) is 0 Å². The summed E-state index contributed by atoms with van der Waals surface area (Å²) in [6, 6.07) is 14.7. The molecule has 0 aromatic heterocycles. The van der Waals surface area contributed by atoms with Crippen molar-refractivity contribution in [3.8, 4) is 0 Å². The topological polar surface area (TPSA) is 32.3 Å². The largest absolute Gasteiger partial charge is 0.348 e. The second-order valence-corrected chi connectivity index (χ2v) is 6.73. The first kappa shape index (κ1) is 18.2. The van der Waals surface area contributed by atoms with E-state index in [2.05, 4.69) is 56.4 Å². The summed E-state index contributed by atoms with van der Waals surface area (Å²) in [6.07, 6.45) is 0. The van der Waals surface area contributed by atoms with Gasteiger partial charge in [-0.25, -0.2) is 0 Å². The normalized spacial score (nSPS) is 12.2. The second kappa shape index (κ2) is 8.11. The van der Waals surface area contributed by atoms with Gasteiger partial charge in [0.05, 0.1) is 12.6 Å². The highest BCUT2D eigenvalue weighted by Gasteiger charge is 2.13. The maximum absolute atomic E-state index is 12.3. The van der Waals surface area contributed by atoms with Crippen LogP contribution in [0.3, 0.4) is 0 Å². The molecule has 3 nitrogen and oxygen atoms in total. The van der Waals surface area contributed by atoms with Gasteiger partial charge in [-0.05, 0) is 62.6 Å². The minimum absolute atomic E-state index is 0.0173. The molecule has 0 bridgehead atoms. The van der Waals surface area contributed by atoms with Crippen LogP contribution < -0.4 is 5.32 Å². The van der Waals surface area contributed by atoms with Crippen LogP contribution >= 0.6 is 0 Å². The van der Waals surface area contributed by atoms with Gasteiger partial charge in [-0.2, -0.15) is 0 Å². The summed E-state index contributed by atoms with van der Waals surface area (Å²) in [7, 11) is 1.98. The molecule has 0 aliphatic rings. The number of nitrogens with zero attached hydrogens (tertiary/aromatic N) is 1. The van der Waals surface area contributed by atoms with Crippen molar-refractivity contribution >= 4 is 5.91 Å². The molecule has 1 N–H and O–H groups in total. The van der Waals surface area contributed by atoms with Crippen molar-refractivity contribution in [1.29, 1.82) is 0 Å². The Bertz CT molecular complexity index is 709. The SMILES string of the molecule is Cc1ccc([C@@H](C)NC(=O)CN(C)Cc2ccccc2C)cc1C. The van der Waals surface area contributed by atoms with Gasteiger partial charge < -0.3 is 5.32 Å². The quantitative estimate of drug-likeness (QED) is 0.873. The van der Waals surface area contributed by atoms with Gasteiger partial charge in [0, 0.05) is 6.54 Å². The molecule has 0 aliphatic carbocycles. The van der Waals surface area contributed by atoms with E-state index in [0.29, 0.717) is 6.54 Å². The van der Waals surface area contributed by atoms with Crippen LogP contribution in [-0.4, -0.2) is 24.4 Å². The molecule has 1 amide bonds. The standard InChI is InChI=1S/C21H28N2O/c1-15-10-11-19(12-17(15)3)18(4)22-21(24)14-23(5)13-20-9-7-6-8-16(20)2/h6-12,18H,13-14H2,1-5H3,(H,22,24)/t18-/m1/s1. The van der Waals surface area contributed by atoms with Gasteiger partial charge in [0.25, 0.3) is 0 Å². The van der Waals surface area contributed by atoms with Gasteiger partial charge in [-0.15, -0.1) is 0 Å². The van der Waals surface area contributed by atoms with Crippen molar-refractivity contribution in [2.45, 2.75) is 40.3 Å². The van der Waals surface area contributed by atoms with Crippen molar-refractivity contribution in [2.24, 2.45) is 0 Å². The van der Waals surface area contributed by atoms with Crippen molar-refractivity contribution < 1.29 is 4.79 Å². The third-order valence-corrected chi connectivity index (χ3v) is 4.52. The fraction of sp³-hybridized carbons (Fsp3) is 0.381. The maximum Gasteiger partial charge on any atom is 0.234 e. The smallest absolute Gasteiger partial charge is 0.234 e. The predicted octanol–water partition coefficient (Wildman–Crippen LogP) is 3.92. The number of amides is 1. The van der Waals surface area contributed by atoms with Gasteiger partial charge in [0.1, 0.15) is 0 Å². The van der Waals surface area contributed by atoms with E-state index in [1.807, 2.05) is 31.0 Å². The van der Waals surface area contributed by atoms with Crippen molar-refractivity contribution in [3.63, 3.8) is 0 Å². The Kier molecular flexibility index (Phi) is 6.16. The van der Waals surface area contributed by atoms with Gasteiger partial charge >= 0.3 is 0 Å². The summed E-state index contributed by atoms with van der Waals surface area (Å²) in [4.78, 5) is 14.4. The lowest BCUT2D eigenvalue weighted by Crippen LogP contribution is -2.36. The molecule has 3 heteroatoms. The van der Waals surface area contributed by atoms with Gasteiger partial charge in [0.15, 0.2) is 0 Å². The average molecular weight is 324 g/mol. The highest BCUT2D eigenvalue weighted by atomic mass is 16.2. The summed E-state index contributed by atoms with van der Waals surface area (Å²) in [6.45, 7) is 9.50. The van der Waals surface area contributed by atoms with Crippen LogP contribution in [0.5, 0.6) is 0 Å². The average Bonchev–Trinajstić information content (AvgIpc) is 2.52. The number of carbonyl (C=O) groups is 1. The zero-order valence-corrected chi connectivity index (χ0v) is 15.4. The third kappa shape index (κ3) is 4.93. The molecule has 24 heavy (non-hydrogen) atoms. The molecular weight excluding hydrogens is 296 g/mol. The molecule has 0 saturated heterocycles. The van der Waals surface area contributed by atoms with Crippen LogP contribution in [0.25, 0.3) is 0 Å². The van der Waals surface area contributed by atoms with Gasteiger partial charge in [0.2, 0.25) is 5.91 Å². The number of likely N-dealkylation sites (N-methyl/N-ethyl adjacent to an activating group) is 1. The van der Waals surface area contributed by atoms with Crippen LogP contribution in [0.1, 0.15) is 40.8 Å². The van der Waals surface area contributed by atoms with Crippen LogP contribution in [-0.2, 0) is 11.3 Å². The Hall–Kier alpha value is -2.13. The van der Waals surface area contributed by atoms with Crippen molar-refractivity contribution in [3.05, 3.63) is 70.3 Å². The predicted molar refractivity (Wildman–Crippen MR) is 100.0 cm³/mol. The lowest BCUT2D eigenvalue weighted by molar-refractivity contribution is -0.122. The fourth-order valence-corrected chi connectivity index (χ4v) is 2.78. The minimum atomic E-state index is 0.0173. The monoisotopic (exact) mass is 324 g/mol. The molecule has 2 aromatic carbocycles. The lowest BCUT2D eigenvalue weighted by Gasteiger charge is -2.20. The van der Waals surface area contributed by atoms with E-state index in [9.17, 15) is 4.79 Å². The molecule has 0 fully saturated rings. The molecule has 2 rings (SSSR count). The van der Waals surface area contributed by atoms with E-state index in [1.54, 1.807) is 0 Å². The Labute approximate surface area is 145 Å². The van der Waals surface area contributed by atoms with E-state index in [1.165, 1.54) is 22.3 Å². The molecule has 1 atom stereocenters. The summed E-state index contributed by atoms with van der Waals surface area (Å²) in [5.41, 5.74) is 6.19. The van der Waals surface area contributed by atoms with E-state index >= 15 is 0 Å². The minimum Gasteiger partial charge on any atom is -0.348 e. The molecule has 128 valence electrons. The maximum atomic E-state index is 12.3. The Morgan fingerprint density at radius 1 is 1.04 bits per heavy atom.